The van der Waals surface area contributed by atoms with Gasteiger partial charge in [-0.1, -0.05) is 0 Å². The van der Waals surface area contributed by atoms with Crippen molar-refractivity contribution < 1.29 is 9.90 Å². The smallest absolute Gasteiger partial charge is 0.317 e. The Kier molecular flexibility index (Phi) is 3.25. The van der Waals surface area contributed by atoms with Gasteiger partial charge >= 0.3 is 6.03 Å². The molecule has 0 aromatic carbocycles. The largest absolute Gasteiger partial charge is 0.387 e. The first-order chi connectivity index (χ1) is 6.76. The number of urea groups is 1. The molecule has 0 radical (unpaired) electrons. The second-order valence-electron chi connectivity index (χ2n) is 5.28. The zero-order chi connectivity index (χ0) is 11.7. The zero-order valence-corrected chi connectivity index (χ0v) is 9.71. The maximum Gasteiger partial charge on any atom is 0.317 e. The molecule has 1 rings (SSSR count). The quantitative estimate of drug-likeness (QED) is 0.571. The van der Waals surface area contributed by atoms with Crippen molar-refractivity contribution in [2.24, 2.45) is 5.73 Å². The molecule has 0 aliphatic carbocycles. The number of carbonyl (C=O) groups excluding carboxylic acids is 1. The van der Waals surface area contributed by atoms with Crippen LogP contribution < -0.4 is 11.1 Å². The van der Waals surface area contributed by atoms with E-state index in [-0.39, 0.29) is 18.1 Å². The molecule has 1 fully saturated rings. The van der Waals surface area contributed by atoms with Crippen LogP contribution in [0, 0.1) is 0 Å². The van der Waals surface area contributed by atoms with Crippen molar-refractivity contribution in [1.29, 1.82) is 0 Å². The first-order valence-corrected chi connectivity index (χ1v) is 5.25. The Morgan fingerprint density at radius 3 is 2.60 bits per heavy atom. The van der Waals surface area contributed by atoms with Gasteiger partial charge in [-0.2, -0.15) is 0 Å². The fraction of sp³-hybridized carbons (Fsp3) is 0.900. The van der Waals surface area contributed by atoms with Crippen molar-refractivity contribution in [3.63, 3.8) is 0 Å². The van der Waals surface area contributed by atoms with Gasteiger partial charge in [-0.3, -0.25) is 0 Å². The van der Waals surface area contributed by atoms with Gasteiger partial charge in [0.05, 0.1) is 12.1 Å². The highest BCUT2D eigenvalue weighted by Crippen LogP contribution is 2.20. The fourth-order valence-corrected chi connectivity index (χ4v) is 1.60. The molecule has 0 aromatic rings. The molecule has 1 aliphatic rings. The predicted octanol–water partition coefficient (Wildman–Crippen LogP) is -0.110. The van der Waals surface area contributed by atoms with Crippen molar-refractivity contribution >= 4 is 6.03 Å². The molecule has 1 atom stereocenters. The van der Waals surface area contributed by atoms with Gasteiger partial charge < -0.3 is 21.1 Å². The monoisotopic (exact) mass is 215 g/mol. The van der Waals surface area contributed by atoms with Crippen molar-refractivity contribution in [2.75, 3.05) is 19.6 Å². The van der Waals surface area contributed by atoms with Gasteiger partial charge in [-0.25, -0.2) is 4.79 Å². The highest BCUT2D eigenvalue weighted by Gasteiger charge is 2.37. The summed E-state index contributed by atoms with van der Waals surface area (Å²) in [7, 11) is 0. The van der Waals surface area contributed by atoms with Crippen LogP contribution in [0.15, 0.2) is 0 Å². The number of nitrogens with zero attached hydrogens (tertiary/aromatic N) is 1. The van der Waals surface area contributed by atoms with Crippen LogP contribution in [0.1, 0.15) is 27.2 Å². The zero-order valence-electron chi connectivity index (χ0n) is 9.71. The molecule has 2 amide bonds. The van der Waals surface area contributed by atoms with E-state index in [2.05, 4.69) is 5.32 Å². The topological polar surface area (TPSA) is 78.6 Å². The van der Waals surface area contributed by atoms with Crippen molar-refractivity contribution in [1.82, 2.24) is 10.2 Å². The fourth-order valence-electron chi connectivity index (χ4n) is 1.60. The minimum Gasteiger partial charge on any atom is -0.387 e. The van der Waals surface area contributed by atoms with Gasteiger partial charge in [0.1, 0.15) is 0 Å². The van der Waals surface area contributed by atoms with Crippen molar-refractivity contribution in [3.05, 3.63) is 0 Å². The molecule has 0 aromatic heterocycles. The number of carbonyl (C=O) groups is 1. The SMILES string of the molecule is CC(C)(C)NC(=O)N1CCC(O)(CN)C1. The van der Waals surface area contributed by atoms with Crippen LogP contribution >= 0.6 is 0 Å². The van der Waals surface area contributed by atoms with Crippen molar-refractivity contribution in [2.45, 2.75) is 38.3 Å². The van der Waals surface area contributed by atoms with Crippen LogP contribution in [0.2, 0.25) is 0 Å². The highest BCUT2D eigenvalue weighted by atomic mass is 16.3. The lowest BCUT2D eigenvalue weighted by Gasteiger charge is -2.26. The van der Waals surface area contributed by atoms with Gasteiger partial charge in [-0.15, -0.1) is 0 Å². The third-order valence-electron chi connectivity index (χ3n) is 2.48. The van der Waals surface area contributed by atoms with Crippen LogP contribution in [0.4, 0.5) is 4.79 Å². The van der Waals surface area contributed by atoms with Gasteiger partial charge in [0.2, 0.25) is 0 Å². The van der Waals surface area contributed by atoms with E-state index >= 15 is 0 Å². The van der Waals surface area contributed by atoms with E-state index in [4.69, 9.17) is 5.73 Å². The number of rotatable bonds is 1. The standard InChI is InChI=1S/C10H21N3O2/c1-9(2,3)12-8(14)13-5-4-10(15,6-11)7-13/h15H,4-7,11H2,1-3H3,(H,12,14). The minimum absolute atomic E-state index is 0.133. The van der Waals surface area contributed by atoms with Gasteiger partial charge in [-0.05, 0) is 27.2 Å². The molecule has 0 saturated carbocycles. The molecule has 1 heterocycles. The number of β-amino-alcohol motifs (C(OH)–C–C–N with tert-alkyl or cyclic N) is 1. The van der Waals surface area contributed by atoms with Crippen LogP contribution in [0.5, 0.6) is 0 Å². The number of nitrogens with one attached hydrogen (secondary N) is 1. The third-order valence-corrected chi connectivity index (χ3v) is 2.48. The third kappa shape index (κ3) is 3.35. The lowest BCUT2D eigenvalue weighted by atomic mass is 10.0. The summed E-state index contributed by atoms with van der Waals surface area (Å²) >= 11 is 0. The van der Waals surface area contributed by atoms with E-state index in [9.17, 15) is 9.90 Å². The first kappa shape index (κ1) is 12.3. The molecular weight excluding hydrogens is 194 g/mol. The number of hydrogen-bond acceptors (Lipinski definition) is 3. The summed E-state index contributed by atoms with van der Waals surface area (Å²) in [6.45, 7) is 6.87. The molecule has 0 bridgehead atoms. The molecule has 5 heteroatoms. The second-order valence-corrected chi connectivity index (χ2v) is 5.28. The lowest BCUT2D eigenvalue weighted by molar-refractivity contribution is 0.0609. The predicted molar refractivity (Wildman–Crippen MR) is 58.5 cm³/mol. The Morgan fingerprint density at radius 2 is 2.20 bits per heavy atom. The van der Waals surface area contributed by atoms with Gasteiger partial charge in [0.25, 0.3) is 0 Å². The van der Waals surface area contributed by atoms with E-state index in [0.29, 0.717) is 19.5 Å². The summed E-state index contributed by atoms with van der Waals surface area (Å²) in [5.41, 5.74) is 4.31. The highest BCUT2D eigenvalue weighted by molar-refractivity contribution is 5.75. The number of nitrogens with two attached hydrogens (primary N) is 1. The normalized spacial score (nSPS) is 26.9. The molecule has 1 unspecified atom stereocenters. The second kappa shape index (κ2) is 3.98. The number of aliphatic hydroxyl groups is 1. The Hall–Kier alpha value is -0.810. The van der Waals surface area contributed by atoms with Crippen LogP contribution in [0.3, 0.4) is 0 Å². The molecule has 1 saturated heterocycles. The van der Waals surface area contributed by atoms with E-state index < -0.39 is 5.60 Å². The summed E-state index contributed by atoms with van der Waals surface area (Å²) in [6, 6.07) is -0.133. The molecule has 88 valence electrons. The average Bonchev–Trinajstić information content (AvgIpc) is 2.46. The Bertz CT molecular complexity index is 250. The van der Waals surface area contributed by atoms with Gasteiger partial charge in [0.15, 0.2) is 0 Å². The summed E-state index contributed by atoms with van der Waals surface area (Å²) in [6.07, 6.45) is 0.557. The molecule has 4 N–H and O–H groups in total. The number of hydrogen-bond donors (Lipinski definition) is 3. The van der Waals surface area contributed by atoms with Crippen LogP contribution in [0.25, 0.3) is 0 Å². The Balaban J connectivity index is 2.51. The summed E-state index contributed by atoms with van der Waals surface area (Å²) in [5.74, 6) is 0. The number of likely N-dealkylation sites (tertiary alicyclic amines) is 1. The summed E-state index contributed by atoms with van der Waals surface area (Å²) in [5, 5.41) is 12.7. The Morgan fingerprint density at radius 1 is 1.60 bits per heavy atom. The average molecular weight is 215 g/mol. The van der Waals surface area contributed by atoms with E-state index in [1.165, 1.54) is 0 Å². The lowest BCUT2D eigenvalue weighted by Crippen LogP contribution is -2.49. The van der Waals surface area contributed by atoms with E-state index in [0.717, 1.165) is 0 Å². The first-order valence-electron chi connectivity index (χ1n) is 5.25. The maximum atomic E-state index is 11.7. The summed E-state index contributed by atoms with van der Waals surface area (Å²) in [4.78, 5) is 13.3. The molecule has 5 nitrogen and oxygen atoms in total. The molecular formula is C10H21N3O2. The van der Waals surface area contributed by atoms with Crippen LogP contribution in [-0.2, 0) is 0 Å². The number of amides is 2. The van der Waals surface area contributed by atoms with E-state index in [1.54, 1.807) is 4.90 Å². The molecule has 15 heavy (non-hydrogen) atoms. The molecule has 0 spiro atoms. The van der Waals surface area contributed by atoms with Crippen molar-refractivity contribution in [3.8, 4) is 0 Å². The molecule has 1 aliphatic heterocycles. The minimum atomic E-state index is -0.894. The Labute approximate surface area is 90.6 Å². The van der Waals surface area contributed by atoms with Gasteiger partial charge in [0, 0.05) is 18.6 Å². The van der Waals surface area contributed by atoms with E-state index in [1.807, 2.05) is 20.8 Å². The maximum absolute atomic E-state index is 11.7. The van der Waals surface area contributed by atoms with Crippen LogP contribution in [-0.4, -0.2) is 46.8 Å². The summed E-state index contributed by atoms with van der Waals surface area (Å²) < 4.78 is 0.